The van der Waals surface area contributed by atoms with Crippen LogP contribution in [0.1, 0.15) is 16.8 Å². The maximum atomic E-state index is 12.5. The highest BCUT2D eigenvalue weighted by molar-refractivity contribution is 7.92. The van der Waals surface area contributed by atoms with Gasteiger partial charge in [-0.25, -0.2) is 8.42 Å². The van der Waals surface area contributed by atoms with Gasteiger partial charge in [-0.15, -0.1) is 0 Å². The van der Waals surface area contributed by atoms with Gasteiger partial charge in [-0.1, -0.05) is 6.07 Å². The van der Waals surface area contributed by atoms with Crippen LogP contribution in [-0.2, 0) is 10.0 Å². The van der Waals surface area contributed by atoms with Gasteiger partial charge in [0, 0.05) is 7.05 Å². The van der Waals surface area contributed by atoms with Crippen LogP contribution in [0, 0.1) is 20.8 Å². The van der Waals surface area contributed by atoms with Gasteiger partial charge in [0.15, 0.2) is 0 Å². The maximum Gasteiger partial charge on any atom is 0.267 e. The molecule has 2 rings (SSSR count). The lowest BCUT2D eigenvalue weighted by Gasteiger charge is -2.20. The van der Waals surface area contributed by atoms with E-state index in [-0.39, 0.29) is 4.90 Å². The van der Waals surface area contributed by atoms with E-state index in [1.807, 2.05) is 32.0 Å². The summed E-state index contributed by atoms with van der Waals surface area (Å²) in [6.07, 6.45) is 1.34. The van der Waals surface area contributed by atoms with E-state index in [4.69, 9.17) is 0 Å². The lowest BCUT2D eigenvalue weighted by atomic mass is 10.1. The van der Waals surface area contributed by atoms with E-state index < -0.39 is 10.0 Å². The summed E-state index contributed by atoms with van der Waals surface area (Å²) in [6, 6.07) is 5.70. The Morgan fingerprint density at radius 1 is 1.11 bits per heavy atom. The van der Waals surface area contributed by atoms with Crippen molar-refractivity contribution in [2.45, 2.75) is 25.7 Å². The van der Waals surface area contributed by atoms with E-state index in [0.717, 1.165) is 11.1 Å². The Labute approximate surface area is 113 Å². The third-order valence-electron chi connectivity index (χ3n) is 2.99. The van der Waals surface area contributed by atoms with Crippen LogP contribution in [0.5, 0.6) is 0 Å². The minimum atomic E-state index is -3.57. The number of rotatable bonds is 3. The number of aromatic nitrogens is 2. The molecule has 0 aliphatic carbocycles. The first-order valence-electron chi connectivity index (χ1n) is 5.89. The lowest BCUT2D eigenvalue weighted by molar-refractivity contribution is 0.594. The summed E-state index contributed by atoms with van der Waals surface area (Å²) in [5.74, 6) is 0. The Bertz CT molecular complexity index is 684. The second kappa shape index (κ2) is 4.70. The van der Waals surface area contributed by atoms with Crippen molar-refractivity contribution in [1.82, 2.24) is 10.2 Å². The summed E-state index contributed by atoms with van der Waals surface area (Å²) in [5.41, 5.74) is 3.25. The summed E-state index contributed by atoms with van der Waals surface area (Å²) in [5, 5.41) is 6.42. The first-order valence-corrected chi connectivity index (χ1v) is 7.33. The number of H-pyrrole nitrogens is 1. The largest absolute Gasteiger partial charge is 0.281 e. The van der Waals surface area contributed by atoms with Crippen LogP contribution in [-0.4, -0.2) is 25.7 Å². The third kappa shape index (κ3) is 2.49. The molecule has 0 bridgehead atoms. The van der Waals surface area contributed by atoms with Crippen LogP contribution in [0.25, 0.3) is 0 Å². The summed E-state index contributed by atoms with van der Waals surface area (Å²) in [7, 11) is -2.02. The summed E-state index contributed by atoms with van der Waals surface area (Å²) >= 11 is 0. The van der Waals surface area contributed by atoms with E-state index >= 15 is 0 Å². The molecule has 0 saturated carbocycles. The molecule has 0 fully saturated rings. The van der Waals surface area contributed by atoms with Crippen LogP contribution in [0.2, 0.25) is 0 Å². The van der Waals surface area contributed by atoms with Gasteiger partial charge in [-0.3, -0.25) is 9.40 Å². The Kier molecular flexibility index (Phi) is 3.36. The van der Waals surface area contributed by atoms with Crippen molar-refractivity contribution in [2.24, 2.45) is 0 Å². The first-order chi connectivity index (χ1) is 8.82. The molecule has 1 aromatic carbocycles. The average molecular weight is 279 g/mol. The third-order valence-corrected chi connectivity index (χ3v) is 4.89. The summed E-state index contributed by atoms with van der Waals surface area (Å²) in [4.78, 5) is 0.203. The second-order valence-electron chi connectivity index (χ2n) is 4.68. The van der Waals surface area contributed by atoms with Gasteiger partial charge in [-0.2, -0.15) is 5.10 Å². The fourth-order valence-electron chi connectivity index (χ4n) is 2.02. The number of aromatic amines is 1. The zero-order valence-electron chi connectivity index (χ0n) is 11.4. The van der Waals surface area contributed by atoms with Crippen molar-refractivity contribution in [3.05, 3.63) is 41.2 Å². The van der Waals surface area contributed by atoms with Crippen molar-refractivity contribution in [2.75, 3.05) is 11.4 Å². The molecule has 19 heavy (non-hydrogen) atoms. The zero-order chi connectivity index (χ0) is 14.2. The van der Waals surface area contributed by atoms with Gasteiger partial charge >= 0.3 is 0 Å². The maximum absolute atomic E-state index is 12.5. The number of nitrogens with zero attached hydrogens (tertiary/aromatic N) is 2. The predicted octanol–water partition coefficient (Wildman–Crippen LogP) is 2.16. The molecule has 0 aliphatic rings. The van der Waals surface area contributed by atoms with Crippen LogP contribution in [0.15, 0.2) is 29.3 Å². The molecule has 0 spiro atoms. The fourth-order valence-corrected chi connectivity index (χ4v) is 3.31. The normalized spacial score (nSPS) is 11.6. The van der Waals surface area contributed by atoms with Gasteiger partial charge in [-0.05, 0) is 44.0 Å². The number of anilines is 1. The summed E-state index contributed by atoms with van der Waals surface area (Å²) < 4.78 is 26.3. The Hall–Kier alpha value is -1.82. The van der Waals surface area contributed by atoms with Gasteiger partial charge in [0.2, 0.25) is 0 Å². The topological polar surface area (TPSA) is 66.1 Å². The quantitative estimate of drug-likeness (QED) is 0.936. The van der Waals surface area contributed by atoms with Gasteiger partial charge in [0.05, 0.1) is 17.6 Å². The number of hydrogen-bond donors (Lipinski definition) is 1. The predicted molar refractivity (Wildman–Crippen MR) is 74.8 cm³/mol. The van der Waals surface area contributed by atoms with Gasteiger partial charge in [0.1, 0.15) is 4.90 Å². The van der Waals surface area contributed by atoms with Gasteiger partial charge < -0.3 is 0 Å². The molecule has 2 aromatic rings. The standard InChI is InChI=1S/C13H17N3O2S/c1-9-5-10(2)7-12(6-9)16(4)19(17,18)13-8-14-15-11(13)3/h5-8H,1-4H3,(H,14,15). The van der Waals surface area contributed by atoms with Crippen molar-refractivity contribution >= 4 is 15.7 Å². The monoisotopic (exact) mass is 279 g/mol. The molecule has 0 saturated heterocycles. The average Bonchev–Trinajstić information content (AvgIpc) is 2.73. The van der Waals surface area contributed by atoms with Crippen molar-refractivity contribution in [3.8, 4) is 0 Å². The van der Waals surface area contributed by atoms with E-state index in [1.165, 1.54) is 10.5 Å². The first kappa shape index (κ1) is 13.6. The number of nitrogens with one attached hydrogen (secondary N) is 1. The van der Waals surface area contributed by atoms with Crippen LogP contribution < -0.4 is 4.31 Å². The fraction of sp³-hybridized carbons (Fsp3) is 0.308. The van der Waals surface area contributed by atoms with Crippen molar-refractivity contribution in [3.63, 3.8) is 0 Å². The van der Waals surface area contributed by atoms with E-state index in [1.54, 1.807) is 14.0 Å². The Morgan fingerprint density at radius 3 is 2.16 bits per heavy atom. The summed E-state index contributed by atoms with van der Waals surface area (Å²) in [6.45, 7) is 5.58. The molecule has 0 radical (unpaired) electrons. The minimum Gasteiger partial charge on any atom is -0.281 e. The van der Waals surface area contributed by atoms with E-state index in [0.29, 0.717) is 11.4 Å². The smallest absolute Gasteiger partial charge is 0.267 e. The second-order valence-corrected chi connectivity index (χ2v) is 6.62. The number of benzene rings is 1. The number of sulfonamides is 1. The molecule has 0 atom stereocenters. The lowest BCUT2D eigenvalue weighted by Crippen LogP contribution is -2.27. The molecule has 102 valence electrons. The molecule has 1 heterocycles. The highest BCUT2D eigenvalue weighted by Gasteiger charge is 2.24. The molecule has 6 heteroatoms. The van der Waals surface area contributed by atoms with Gasteiger partial charge in [0.25, 0.3) is 10.0 Å². The minimum absolute atomic E-state index is 0.203. The van der Waals surface area contributed by atoms with E-state index in [2.05, 4.69) is 10.2 Å². The molecule has 0 aliphatic heterocycles. The van der Waals surface area contributed by atoms with Crippen LogP contribution in [0.4, 0.5) is 5.69 Å². The Balaban J connectivity index is 2.49. The molecule has 5 nitrogen and oxygen atoms in total. The molecular weight excluding hydrogens is 262 g/mol. The van der Waals surface area contributed by atoms with Crippen LogP contribution in [0.3, 0.4) is 0 Å². The number of aryl methyl sites for hydroxylation is 3. The highest BCUT2D eigenvalue weighted by Crippen LogP contribution is 2.24. The Morgan fingerprint density at radius 2 is 1.68 bits per heavy atom. The zero-order valence-corrected chi connectivity index (χ0v) is 12.2. The van der Waals surface area contributed by atoms with Crippen molar-refractivity contribution in [1.29, 1.82) is 0 Å². The highest BCUT2D eigenvalue weighted by atomic mass is 32.2. The molecular formula is C13H17N3O2S. The van der Waals surface area contributed by atoms with Crippen molar-refractivity contribution < 1.29 is 8.42 Å². The molecule has 1 N–H and O–H groups in total. The molecule has 0 unspecified atom stereocenters. The van der Waals surface area contributed by atoms with Crippen LogP contribution >= 0.6 is 0 Å². The number of hydrogen-bond acceptors (Lipinski definition) is 3. The SMILES string of the molecule is Cc1cc(C)cc(N(C)S(=O)(=O)c2cn[nH]c2C)c1. The molecule has 0 amide bonds. The van der Waals surface area contributed by atoms with E-state index in [9.17, 15) is 8.42 Å². The molecule has 1 aromatic heterocycles.